The predicted molar refractivity (Wildman–Crippen MR) is 63.2 cm³/mol. The SMILES string of the molecule is Cc1ccnc(OC(C)CC(C)C)c1C#N. The van der Waals surface area contributed by atoms with Gasteiger partial charge in [-0.25, -0.2) is 4.98 Å². The number of pyridine rings is 1. The van der Waals surface area contributed by atoms with Crippen molar-refractivity contribution < 1.29 is 4.74 Å². The topological polar surface area (TPSA) is 45.9 Å². The van der Waals surface area contributed by atoms with Gasteiger partial charge in [-0.05, 0) is 37.8 Å². The lowest BCUT2D eigenvalue weighted by Gasteiger charge is -2.16. The molecule has 3 nitrogen and oxygen atoms in total. The summed E-state index contributed by atoms with van der Waals surface area (Å²) >= 11 is 0. The summed E-state index contributed by atoms with van der Waals surface area (Å²) in [5.41, 5.74) is 1.45. The van der Waals surface area contributed by atoms with E-state index in [1.54, 1.807) is 6.20 Å². The molecule has 1 heterocycles. The first-order valence-corrected chi connectivity index (χ1v) is 5.57. The molecule has 0 saturated carbocycles. The highest BCUT2D eigenvalue weighted by Crippen LogP contribution is 2.20. The van der Waals surface area contributed by atoms with Crippen molar-refractivity contribution in [3.05, 3.63) is 23.4 Å². The molecule has 0 aliphatic heterocycles. The van der Waals surface area contributed by atoms with Crippen LogP contribution in [0.25, 0.3) is 0 Å². The first-order valence-electron chi connectivity index (χ1n) is 5.57. The van der Waals surface area contributed by atoms with Gasteiger partial charge in [-0.1, -0.05) is 13.8 Å². The summed E-state index contributed by atoms with van der Waals surface area (Å²) in [4.78, 5) is 4.11. The van der Waals surface area contributed by atoms with Crippen LogP contribution in [0.1, 0.15) is 38.3 Å². The van der Waals surface area contributed by atoms with Gasteiger partial charge < -0.3 is 4.74 Å². The van der Waals surface area contributed by atoms with Crippen LogP contribution in [0.2, 0.25) is 0 Å². The van der Waals surface area contributed by atoms with Crippen molar-refractivity contribution in [2.24, 2.45) is 5.92 Å². The average Bonchev–Trinajstić information content (AvgIpc) is 2.16. The van der Waals surface area contributed by atoms with Crippen LogP contribution in [0.4, 0.5) is 0 Å². The lowest BCUT2D eigenvalue weighted by molar-refractivity contribution is 0.185. The molecule has 0 amide bonds. The van der Waals surface area contributed by atoms with Gasteiger partial charge in [-0.15, -0.1) is 0 Å². The summed E-state index contributed by atoms with van der Waals surface area (Å²) in [7, 11) is 0. The van der Waals surface area contributed by atoms with Gasteiger partial charge in [0.15, 0.2) is 0 Å². The van der Waals surface area contributed by atoms with E-state index < -0.39 is 0 Å². The Morgan fingerprint density at radius 2 is 2.12 bits per heavy atom. The molecular formula is C13H18N2O. The number of nitrogens with zero attached hydrogens (tertiary/aromatic N) is 2. The smallest absolute Gasteiger partial charge is 0.232 e. The summed E-state index contributed by atoms with van der Waals surface area (Å²) < 4.78 is 5.69. The molecule has 1 aromatic rings. The van der Waals surface area contributed by atoms with Crippen LogP contribution in [0.15, 0.2) is 12.3 Å². The molecule has 0 saturated heterocycles. The molecule has 0 radical (unpaired) electrons. The third kappa shape index (κ3) is 3.23. The maximum atomic E-state index is 9.02. The Labute approximate surface area is 97.1 Å². The second-order valence-corrected chi connectivity index (χ2v) is 4.48. The molecule has 0 spiro atoms. The van der Waals surface area contributed by atoms with Crippen molar-refractivity contribution in [3.63, 3.8) is 0 Å². The fourth-order valence-corrected chi connectivity index (χ4v) is 1.66. The highest BCUT2D eigenvalue weighted by Gasteiger charge is 2.12. The fourth-order valence-electron chi connectivity index (χ4n) is 1.66. The zero-order chi connectivity index (χ0) is 12.1. The molecule has 0 aromatic carbocycles. The number of ether oxygens (including phenoxy) is 1. The van der Waals surface area contributed by atoms with Crippen molar-refractivity contribution in [1.82, 2.24) is 4.98 Å². The van der Waals surface area contributed by atoms with Gasteiger partial charge in [-0.3, -0.25) is 0 Å². The van der Waals surface area contributed by atoms with Gasteiger partial charge >= 0.3 is 0 Å². The molecule has 86 valence electrons. The van der Waals surface area contributed by atoms with Crippen molar-refractivity contribution in [2.75, 3.05) is 0 Å². The summed E-state index contributed by atoms with van der Waals surface area (Å²) in [6, 6.07) is 3.95. The zero-order valence-electron chi connectivity index (χ0n) is 10.3. The quantitative estimate of drug-likeness (QED) is 0.780. The highest BCUT2D eigenvalue weighted by atomic mass is 16.5. The van der Waals surface area contributed by atoms with E-state index in [4.69, 9.17) is 10.00 Å². The van der Waals surface area contributed by atoms with Gasteiger partial charge in [0.1, 0.15) is 11.6 Å². The molecule has 1 unspecified atom stereocenters. The van der Waals surface area contributed by atoms with E-state index in [0.717, 1.165) is 12.0 Å². The van der Waals surface area contributed by atoms with E-state index in [1.165, 1.54) is 0 Å². The van der Waals surface area contributed by atoms with Crippen LogP contribution >= 0.6 is 0 Å². The van der Waals surface area contributed by atoms with Crippen molar-refractivity contribution in [1.29, 1.82) is 5.26 Å². The number of hydrogen-bond donors (Lipinski definition) is 0. The van der Waals surface area contributed by atoms with Crippen LogP contribution in [0, 0.1) is 24.2 Å². The largest absolute Gasteiger partial charge is 0.474 e. The molecule has 16 heavy (non-hydrogen) atoms. The first-order chi connectivity index (χ1) is 7.54. The first kappa shape index (κ1) is 12.5. The summed E-state index contributed by atoms with van der Waals surface area (Å²) in [6.07, 6.45) is 2.72. The molecule has 0 fully saturated rings. The Morgan fingerprint density at radius 3 is 2.69 bits per heavy atom. The summed E-state index contributed by atoms with van der Waals surface area (Å²) in [5, 5.41) is 9.02. The van der Waals surface area contributed by atoms with E-state index >= 15 is 0 Å². The van der Waals surface area contributed by atoms with Crippen LogP contribution in [-0.2, 0) is 0 Å². The molecule has 0 aliphatic carbocycles. The standard InChI is InChI=1S/C13H18N2O/c1-9(2)7-11(4)16-13-12(8-14)10(3)5-6-15-13/h5-6,9,11H,7H2,1-4H3. The molecule has 0 bridgehead atoms. The van der Waals surface area contributed by atoms with E-state index in [-0.39, 0.29) is 6.10 Å². The molecule has 0 aliphatic rings. The number of rotatable bonds is 4. The maximum absolute atomic E-state index is 9.02. The summed E-state index contributed by atoms with van der Waals surface area (Å²) in [5.74, 6) is 1.03. The van der Waals surface area contributed by atoms with Crippen molar-refractivity contribution in [2.45, 2.75) is 40.2 Å². The second kappa shape index (κ2) is 5.50. The molecule has 1 atom stereocenters. The van der Waals surface area contributed by atoms with Gasteiger partial charge in [0.05, 0.1) is 6.10 Å². The van der Waals surface area contributed by atoms with E-state index in [0.29, 0.717) is 17.4 Å². The minimum absolute atomic E-state index is 0.0846. The molecule has 1 aromatic heterocycles. The normalized spacial score (nSPS) is 12.2. The minimum atomic E-state index is 0.0846. The van der Waals surface area contributed by atoms with Crippen LogP contribution < -0.4 is 4.74 Å². The number of aryl methyl sites for hydroxylation is 1. The van der Waals surface area contributed by atoms with E-state index in [9.17, 15) is 0 Å². The van der Waals surface area contributed by atoms with E-state index in [1.807, 2.05) is 19.9 Å². The van der Waals surface area contributed by atoms with Crippen LogP contribution in [-0.4, -0.2) is 11.1 Å². The third-order valence-corrected chi connectivity index (χ3v) is 2.35. The van der Waals surface area contributed by atoms with Crippen LogP contribution in [0.3, 0.4) is 0 Å². The van der Waals surface area contributed by atoms with Crippen molar-refractivity contribution >= 4 is 0 Å². The average molecular weight is 218 g/mol. The zero-order valence-corrected chi connectivity index (χ0v) is 10.3. The van der Waals surface area contributed by atoms with Crippen molar-refractivity contribution in [3.8, 4) is 11.9 Å². The second-order valence-electron chi connectivity index (χ2n) is 4.48. The highest BCUT2D eigenvalue weighted by molar-refractivity contribution is 5.43. The van der Waals surface area contributed by atoms with E-state index in [2.05, 4.69) is 24.9 Å². The predicted octanol–water partition coefficient (Wildman–Crippen LogP) is 3.08. The monoisotopic (exact) mass is 218 g/mol. The summed E-state index contributed by atoms with van der Waals surface area (Å²) in [6.45, 7) is 8.19. The number of nitriles is 1. The van der Waals surface area contributed by atoms with Crippen LogP contribution in [0.5, 0.6) is 5.88 Å². The lowest BCUT2D eigenvalue weighted by Crippen LogP contribution is -2.16. The number of aromatic nitrogens is 1. The molecule has 1 rings (SSSR count). The minimum Gasteiger partial charge on any atom is -0.474 e. The molecular weight excluding hydrogens is 200 g/mol. The fraction of sp³-hybridized carbons (Fsp3) is 0.538. The lowest BCUT2D eigenvalue weighted by atomic mass is 10.1. The molecule has 0 N–H and O–H groups in total. The Bertz CT molecular complexity index is 393. The van der Waals surface area contributed by atoms with Gasteiger partial charge in [0, 0.05) is 6.20 Å². The Balaban J connectivity index is 2.82. The van der Waals surface area contributed by atoms with Gasteiger partial charge in [-0.2, -0.15) is 5.26 Å². The maximum Gasteiger partial charge on any atom is 0.232 e. The Kier molecular flexibility index (Phi) is 4.30. The molecule has 3 heteroatoms. The Morgan fingerprint density at radius 1 is 1.44 bits per heavy atom. The van der Waals surface area contributed by atoms with Gasteiger partial charge in [0.2, 0.25) is 5.88 Å². The third-order valence-electron chi connectivity index (χ3n) is 2.35. The van der Waals surface area contributed by atoms with Gasteiger partial charge in [0.25, 0.3) is 0 Å². The Hall–Kier alpha value is -1.56. The number of hydrogen-bond acceptors (Lipinski definition) is 3.